The number of ether oxygens (including phenoxy) is 1. The van der Waals surface area contributed by atoms with Crippen molar-refractivity contribution in [2.24, 2.45) is 0 Å². The first kappa shape index (κ1) is 11.8. The summed E-state index contributed by atoms with van der Waals surface area (Å²) in [5.74, 6) is -2.29. The van der Waals surface area contributed by atoms with Crippen LogP contribution in [-0.4, -0.2) is 46.0 Å². The Morgan fingerprint density at radius 2 is 2.00 bits per heavy atom. The Balaban J connectivity index is 2.28. The Labute approximate surface area is 97.8 Å². The van der Waals surface area contributed by atoms with Gasteiger partial charge in [-0.25, -0.2) is 4.79 Å². The van der Waals surface area contributed by atoms with E-state index < -0.39 is 36.0 Å². The van der Waals surface area contributed by atoms with Gasteiger partial charge >= 0.3 is 5.97 Å². The third-order valence-electron chi connectivity index (χ3n) is 3.03. The molecule has 2 aliphatic heterocycles. The van der Waals surface area contributed by atoms with Crippen molar-refractivity contribution in [3.8, 4) is 0 Å². The second-order valence-electron chi connectivity index (χ2n) is 4.12. The first-order chi connectivity index (χ1) is 8.06. The first-order valence-corrected chi connectivity index (χ1v) is 5.42. The van der Waals surface area contributed by atoms with Crippen molar-refractivity contribution in [1.82, 2.24) is 4.90 Å². The molecular weight excluding hydrogens is 226 g/mol. The zero-order valence-electron chi connectivity index (χ0n) is 9.17. The van der Waals surface area contributed by atoms with E-state index in [9.17, 15) is 14.4 Å². The van der Waals surface area contributed by atoms with E-state index in [1.807, 2.05) is 0 Å². The summed E-state index contributed by atoms with van der Waals surface area (Å²) in [6.07, 6.45) is 1.06. The topological polar surface area (TPSA) is 83.9 Å². The van der Waals surface area contributed by atoms with Gasteiger partial charge in [-0.1, -0.05) is 6.08 Å². The lowest BCUT2D eigenvalue weighted by molar-refractivity contribution is -0.176. The molecule has 2 heterocycles. The maximum absolute atomic E-state index is 11.9. The van der Waals surface area contributed by atoms with Crippen LogP contribution in [0.4, 0.5) is 0 Å². The summed E-state index contributed by atoms with van der Waals surface area (Å²) >= 11 is 0. The third-order valence-corrected chi connectivity index (χ3v) is 3.03. The minimum absolute atomic E-state index is 0.0479. The Morgan fingerprint density at radius 3 is 2.41 bits per heavy atom. The average Bonchev–Trinajstić information content (AvgIpc) is 2.72. The summed E-state index contributed by atoms with van der Waals surface area (Å²) in [6, 6.07) is -1.17. The summed E-state index contributed by atoms with van der Waals surface area (Å²) in [6.45, 7) is 3.44. The number of amides is 2. The average molecular weight is 239 g/mol. The van der Waals surface area contributed by atoms with Crippen LogP contribution in [0.25, 0.3) is 0 Å². The van der Waals surface area contributed by atoms with Crippen LogP contribution in [0.3, 0.4) is 0 Å². The molecule has 0 radical (unpaired) electrons. The van der Waals surface area contributed by atoms with Crippen molar-refractivity contribution in [3.05, 3.63) is 12.7 Å². The van der Waals surface area contributed by atoms with Gasteiger partial charge < -0.3 is 9.84 Å². The van der Waals surface area contributed by atoms with E-state index in [1.165, 1.54) is 6.08 Å². The second-order valence-corrected chi connectivity index (χ2v) is 4.12. The molecule has 6 nitrogen and oxygen atoms in total. The molecule has 2 fully saturated rings. The van der Waals surface area contributed by atoms with Gasteiger partial charge in [-0.05, 0) is 19.3 Å². The molecule has 0 saturated carbocycles. The summed E-state index contributed by atoms with van der Waals surface area (Å²) in [4.78, 5) is 35.7. The van der Waals surface area contributed by atoms with Crippen LogP contribution in [0.15, 0.2) is 12.7 Å². The molecule has 92 valence electrons. The van der Waals surface area contributed by atoms with E-state index in [0.717, 1.165) is 4.90 Å². The van der Waals surface area contributed by atoms with E-state index in [4.69, 9.17) is 9.84 Å². The van der Waals surface area contributed by atoms with Crippen LogP contribution < -0.4 is 0 Å². The molecule has 0 aromatic carbocycles. The number of carboxylic acids is 1. The summed E-state index contributed by atoms with van der Waals surface area (Å²) in [5, 5.41) is 9.05. The number of fused-ring (bicyclic) bond motifs is 2. The molecule has 6 heteroatoms. The fraction of sp³-hybridized carbons (Fsp3) is 0.545. The highest BCUT2D eigenvalue weighted by Crippen LogP contribution is 2.30. The maximum Gasteiger partial charge on any atom is 0.327 e. The fourth-order valence-corrected chi connectivity index (χ4v) is 2.20. The normalized spacial score (nSPS) is 29.3. The molecule has 3 unspecified atom stereocenters. The molecule has 2 aliphatic rings. The number of nitrogens with zero attached hydrogens (tertiary/aromatic N) is 1. The zero-order chi connectivity index (χ0) is 12.6. The van der Waals surface area contributed by atoms with Gasteiger partial charge in [0.1, 0.15) is 18.2 Å². The van der Waals surface area contributed by atoms with Crippen LogP contribution in [0.1, 0.15) is 19.3 Å². The van der Waals surface area contributed by atoms with Crippen molar-refractivity contribution in [2.45, 2.75) is 37.5 Å². The van der Waals surface area contributed by atoms with Crippen molar-refractivity contribution < 1.29 is 24.2 Å². The maximum atomic E-state index is 11.9. The molecule has 0 aliphatic carbocycles. The number of carbonyl (C=O) groups is 3. The lowest BCUT2D eigenvalue weighted by atomic mass is 10.1. The Morgan fingerprint density at radius 1 is 1.47 bits per heavy atom. The Hall–Kier alpha value is -1.69. The number of likely N-dealkylation sites (tertiary alicyclic amines) is 1. The summed E-state index contributed by atoms with van der Waals surface area (Å²) < 4.78 is 5.20. The van der Waals surface area contributed by atoms with Crippen molar-refractivity contribution in [1.29, 1.82) is 0 Å². The van der Waals surface area contributed by atoms with E-state index in [-0.39, 0.29) is 6.42 Å². The molecule has 0 aromatic heterocycles. The molecule has 1 N–H and O–H groups in total. The highest BCUT2D eigenvalue weighted by atomic mass is 16.5. The molecule has 2 rings (SSSR count). The lowest BCUT2D eigenvalue weighted by Crippen LogP contribution is -2.57. The van der Waals surface area contributed by atoms with Gasteiger partial charge in [-0.15, -0.1) is 6.58 Å². The quantitative estimate of drug-likeness (QED) is 0.548. The van der Waals surface area contributed by atoms with E-state index in [1.54, 1.807) is 0 Å². The molecule has 2 saturated heterocycles. The van der Waals surface area contributed by atoms with Gasteiger partial charge in [0.05, 0.1) is 0 Å². The molecule has 3 atom stereocenters. The van der Waals surface area contributed by atoms with Crippen LogP contribution in [-0.2, 0) is 19.1 Å². The van der Waals surface area contributed by atoms with Crippen molar-refractivity contribution in [3.63, 3.8) is 0 Å². The van der Waals surface area contributed by atoms with Gasteiger partial charge in [0.2, 0.25) is 0 Å². The van der Waals surface area contributed by atoms with E-state index in [0.29, 0.717) is 12.8 Å². The monoisotopic (exact) mass is 239 g/mol. The van der Waals surface area contributed by atoms with Gasteiger partial charge in [0.25, 0.3) is 11.8 Å². The SMILES string of the molecule is C=CCC(C(=O)O)N1C(=O)C2CCC(O2)C1=O. The highest BCUT2D eigenvalue weighted by molar-refractivity contribution is 6.05. The number of carboxylic acid groups (broad SMARTS) is 1. The number of aliphatic carboxylic acids is 1. The molecule has 0 aromatic rings. The zero-order valence-corrected chi connectivity index (χ0v) is 9.17. The summed E-state index contributed by atoms with van der Waals surface area (Å²) in [5.41, 5.74) is 0. The predicted molar refractivity (Wildman–Crippen MR) is 56.0 cm³/mol. The molecule has 2 amide bonds. The van der Waals surface area contributed by atoms with Gasteiger partial charge in [-0.3, -0.25) is 14.5 Å². The fourth-order valence-electron chi connectivity index (χ4n) is 2.20. The first-order valence-electron chi connectivity index (χ1n) is 5.42. The molecule has 0 spiro atoms. The van der Waals surface area contributed by atoms with Gasteiger partial charge in [0.15, 0.2) is 0 Å². The van der Waals surface area contributed by atoms with Gasteiger partial charge in [-0.2, -0.15) is 0 Å². The van der Waals surface area contributed by atoms with Crippen LogP contribution in [0.5, 0.6) is 0 Å². The molecular formula is C11H13NO5. The standard InChI is InChI=1S/C11H13NO5/c1-2-3-6(11(15)16)12-9(13)7-4-5-8(17-7)10(12)14/h2,6-8H,1,3-5H2,(H,15,16). The highest BCUT2D eigenvalue weighted by Gasteiger charge is 2.50. The number of hydrogen-bond acceptors (Lipinski definition) is 4. The Kier molecular flexibility index (Phi) is 2.97. The minimum atomic E-state index is -1.20. The smallest absolute Gasteiger partial charge is 0.327 e. The number of rotatable bonds is 4. The summed E-state index contributed by atoms with van der Waals surface area (Å²) in [7, 11) is 0. The third kappa shape index (κ3) is 1.84. The van der Waals surface area contributed by atoms with Crippen molar-refractivity contribution >= 4 is 17.8 Å². The van der Waals surface area contributed by atoms with Gasteiger partial charge in [0, 0.05) is 0 Å². The van der Waals surface area contributed by atoms with Crippen LogP contribution >= 0.6 is 0 Å². The number of carbonyl (C=O) groups excluding carboxylic acids is 2. The number of hydrogen-bond donors (Lipinski definition) is 1. The second kappa shape index (κ2) is 4.29. The van der Waals surface area contributed by atoms with Crippen LogP contribution in [0, 0.1) is 0 Å². The number of morpholine rings is 1. The van der Waals surface area contributed by atoms with E-state index >= 15 is 0 Å². The molecule has 17 heavy (non-hydrogen) atoms. The predicted octanol–water partition coefficient (Wildman–Crippen LogP) is -0.0679. The largest absolute Gasteiger partial charge is 0.480 e. The van der Waals surface area contributed by atoms with Crippen molar-refractivity contribution in [2.75, 3.05) is 0 Å². The van der Waals surface area contributed by atoms with Crippen LogP contribution in [0.2, 0.25) is 0 Å². The lowest BCUT2D eigenvalue weighted by Gasteiger charge is -2.33. The number of imide groups is 1. The van der Waals surface area contributed by atoms with E-state index in [2.05, 4.69) is 6.58 Å². The molecule has 2 bridgehead atoms. The minimum Gasteiger partial charge on any atom is -0.480 e. The Bertz CT molecular complexity index is 369.